The zero-order valence-corrected chi connectivity index (χ0v) is 21.2. The van der Waals surface area contributed by atoms with Crippen LogP contribution in [0.25, 0.3) is 5.69 Å². The number of hydrogen-bond donors (Lipinski definition) is 0. The fourth-order valence-electron chi connectivity index (χ4n) is 4.01. The van der Waals surface area contributed by atoms with E-state index in [4.69, 9.17) is 11.6 Å². The molecule has 0 aliphatic rings. The minimum absolute atomic E-state index is 0.268. The van der Waals surface area contributed by atoms with E-state index in [1.165, 1.54) is 23.4 Å². The summed E-state index contributed by atoms with van der Waals surface area (Å²) >= 11 is 6.01. The summed E-state index contributed by atoms with van der Waals surface area (Å²) < 4.78 is 15.2. The standard InChI is InChI=1S/C21H25BClF.C9H8N2/c1-3-10-18-11-7-8-14-20(18)22(19-12-5-4-6-13-19)16-9-15-21(23)17(2)24;1-2-4-9(5-3-1)11-7-6-10-8-11/h4-9,11-15,17,21H,3,10,16H2,1-2H3;1-8H. The number of imidazole rings is 1. The SMILES string of the molecule is CCCc1ccccc1B(CC=CC(Cl)C(C)F)c1ccccc1.c1ccc(-n2ccnc2)cc1. The summed E-state index contributed by atoms with van der Waals surface area (Å²) in [6.45, 7) is 3.96. The van der Waals surface area contributed by atoms with Crippen molar-refractivity contribution in [2.75, 3.05) is 0 Å². The van der Waals surface area contributed by atoms with Gasteiger partial charge in [0.1, 0.15) is 6.17 Å². The van der Waals surface area contributed by atoms with Crippen LogP contribution in [0.5, 0.6) is 0 Å². The third kappa shape index (κ3) is 8.26. The maximum atomic E-state index is 13.2. The molecule has 4 aromatic rings. The Kier molecular flexibility index (Phi) is 10.8. The van der Waals surface area contributed by atoms with Crippen molar-refractivity contribution in [1.82, 2.24) is 9.55 Å². The van der Waals surface area contributed by atoms with Crippen molar-refractivity contribution in [1.29, 1.82) is 0 Å². The number of hydrogen-bond acceptors (Lipinski definition) is 1. The minimum atomic E-state index is -1.04. The van der Waals surface area contributed by atoms with E-state index in [1.807, 2.05) is 53.2 Å². The monoisotopic (exact) mass is 486 g/mol. The maximum Gasteiger partial charge on any atom is 0.213 e. The van der Waals surface area contributed by atoms with E-state index in [9.17, 15) is 4.39 Å². The Morgan fingerprint density at radius 3 is 2.26 bits per heavy atom. The van der Waals surface area contributed by atoms with Gasteiger partial charge in [0.15, 0.2) is 0 Å². The fourth-order valence-corrected chi connectivity index (χ4v) is 4.11. The van der Waals surface area contributed by atoms with Gasteiger partial charge in [0.05, 0.1) is 11.7 Å². The Bertz CT molecular complexity index is 1130. The van der Waals surface area contributed by atoms with E-state index >= 15 is 0 Å². The third-order valence-electron chi connectivity index (χ3n) is 5.84. The second-order valence-electron chi connectivity index (χ2n) is 8.50. The summed E-state index contributed by atoms with van der Waals surface area (Å²) in [6, 6.07) is 29.2. The molecule has 0 saturated carbocycles. The second kappa shape index (κ2) is 14.3. The molecule has 180 valence electrons. The topological polar surface area (TPSA) is 17.8 Å². The summed E-state index contributed by atoms with van der Waals surface area (Å²) in [5.74, 6) is 0. The third-order valence-corrected chi connectivity index (χ3v) is 6.33. The van der Waals surface area contributed by atoms with Crippen LogP contribution in [0.3, 0.4) is 0 Å². The molecule has 0 radical (unpaired) electrons. The van der Waals surface area contributed by atoms with E-state index in [-0.39, 0.29) is 6.71 Å². The molecule has 5 heteroatoms. The number of benzene rings is 3. The van der Waals surface area contributed by atoms with Crippen molar-refractivity contribution in [3.63, 3.8) is 0 Å². The predicted octanol–water partition coefficient (Wildman–Crippen LogP) is 6.64. The van der Waals surface area contributed by atoms with Crippen LogP contribution in [-0.4, -0.2) is 27.8 Å². The molecule has 0 bridgehead atoms. The van der Waals surface area contributed by atoms with Crippen molar-refractivity contribution in [2.45, 2.75) is 44.6 Å². The first kappa shape index (κ1) is 26.5. The molecule has 0 amide bonds. The van der Waals surface area contributed by atoms with Crippen molar-refractivity contribution >= 4 is 29.2 Å². The summed E-state index contributed by atoms with van der Waals surface area (Å²) in [5, 5.41) is -0.563. The van der Waals surface area contributed by atoms with Gasteiger partial charge in [-0.05, 0) is 31.8 Å². The van der Waals surface area contributed by atoms with Crippen LogP contribution >= 0.6 is 11.6 Å². The van der Waals surface area contributed by atoms with E-state index in [0.717, 1.165) is 24.8 Å². The lowest BCUT2D eigenvalue weighted by atomic mass is 9.38. The summed E-state index contributed by atoms with van der Waals surface area (Å²) in [7, 11) is 0. The molecule has 0 aliphatic heterocycles. The molecule has 0 fully saturated rings. The van der Waals surface area contributed by atoms with Crippen LogP contribution in [0.15, 0.2) is 116 Å². The molecule has 3 aromatic carbocycles. The number of alkyl halides is 2. The molecule has 0 aliphatic carbocycles. The summed E-state index contributed by atoms with van der Waals surface area (Å²) in [4.78, 5) is 3.96. The molecule has 35 heavy (non-hydrogen) atoms. The van der Waals surface area contributed by atoms with Crippen LogP contribution in [0.1, 0.15) is 25.8 Å². The van der Waals surface area contributed by atoms with Gasteiger partial charge in [-0.2, -0.15) is 0 Å². The zero-order valence-electron chi connectivity index (χ0n) is 20.5. The largest absolute Gasteiger partial charge is 0.306 e. The lowest BCUT2D eigenvalue weighted by molar-refractivity contribution is 0.369. The van der Waals surface area contributed by atoms with Gasteiger partial charge in [0, 0.05) is 18.1 Å². The number of halogens is 2. The van der Waals surface area contributed by atoms with Crippen molar-refractivity contribution in [2.24, 2.45) is 0 Å². The Hall–Kier alpha value is -3.11. The van der Waals surface area contributed by atoms with Gasteiger partial charge in [0.2, 0.25) is 6.71 Å². The van der Waals surface area contributed by atoms with Crippen molar-refractivity contribution in [3.05, 3.63) is 121 Å². The molecule has 1 aromatic heterocycles. The zero-order chi connectivity index (χ0) is 24.9. The first-order valence-electron chi connectivity index (χ1n) is 12.2. The van der Waals surface area contributed by atoms with E-state index in [2.05, 4.69) is 60.4 Å². The number of nitrogens with zero attached hydrogens (tertiary/aromatic N) is 2. The van der Waals surface area contributed by atoms with Crippen molar-refractivity contribution in [3.8, 4) is 5.69 Å². The molecule has 0 saturated heterocycles. The number of aryl methyl sites for hydroxylation is 1. The summed E-state index contributed by atoms with van der Waals surface area (Å²) in [5.41, 5.74) is 5.17. The first-order chi connectivity index (χ1) is 17.1. The van der Waals surface area contributed by atoms with Gasteiger partial charge in [-0.3, -0.25) is 0 Å². The Labute approximate surface area is 214 Å². The second-order valence-corrected chi connectivity index (χ2v) is 9.01. The summed E-state index contributed by atoms with van der Waals surface area (Å²) in [6.07, 6.45) is 11.3. The van der Waals surface area contributed by atoms with Crippen LogP contribution in [-0.2, 0) is 6.42 Å². The molecule has 4 rings (SSSR count). The van der Waals surface area contributed by atoms with Crippen LogP contribution in [0.2, 0.25) is 6.32 Å². The van der Waals surface area contributed by atoms with E-state index < -0.39 is 11.5 Å². The normalized spacial score (nSPS) is 12.6. The van der Waals surface area contributed by atoms with Crippen molar-refractivity contribution < 1.29 is 4.39 Å². The molecule has 2 atom stereocenters. The molecule has 0 N–H and O–H groups in total. The first-order valence-corrected chi connectivity index (χ1v) is 12.6. The number of para-hydroxylation sites is 1. The number of allylic oxidation sites excluding steroid dienone is 2. The molecule has 2 nitrogen and oxygen atoms in total. The highest BCUT2D eigenvalue weighted by molar-refractivity contribution is 6.85. The molecular formula is C30H33BClFN2. The lowest BCUT2D eigenvalue weighted by Gasteiger charge is -2.17. The van der Waals surface area contributed by atoms with Gasteiger partial charge >= 0.3 is 0 Å². The fraction of sp³-hybridized carbons (Fsp3) is 0.233. The van der Waals surface area contributed by atoms with Crippen LogP contribution in [0, 0.1) is 0 Å². The average molecular weight is 487 g/mol. The average Bonchev–Trinajstić information content (AvgIpc) is 3.44. The minimum Gasteiger partial charge on any atom is -0.306 e. The Balaban J connectivity index is 0.000000256. The number of aromatic nitrogens is 2. The van der Waals surface area contributed by atoms with Gasteiger partial charge in [-0.1, -0.05) is 115 Å². The molecular weight excluding hydrogens is 454 g/mol. The lowest BCUT2D eigenvalue weighted by Crippen LogP contribution is -2.43. The van der Waals surface area contributed by atoms with Gasteiger partial charge in [0.25, 0.3) is 0 Å². The highest BCUT2D eigenvalue weighted by atomic mass is 35.5. The highest BCUT2D eigenvalue weighted by Gasteiger charge is 2.20. The molecule has 2 unspecified atom stereocenters. The highest BCUT2D eigenvalue weighted by Crippen LogP contribution is 2.11. The van der Waals surface area contributed by atoms with Gasteiger partial charge in [-0.25, -0.2) is 9.37 Å². The quantitative estimate of drug-likeness (QED) is 0.147. The van der Waals surface area contributed by atoms with Gasteiger partial charge < -0.3 is 4.57 Å². The van der Waals surface area contributed by atoms with Gasteiger partial charge in [-0.15, -0.1) is 11.6 Å². The van der Waals surface area contributed by atoms with E-state index in [0.29, 0.717) is 0 Å². The van der Waals surface area contributed by atoms with Crippen LogP contribution in [0.4, 0.5) is 4.39 Å². The Morgan fingerprint density at radius 1 is 0.971 bits per heavy atom. The smallest absolute Gasteiger partial charge is 0.213 e. The Morgan fingerprint density at radius 2 is 1.63 bits per heavy atom. The predicted molar refractivity (Wildman–Crippen MR) is 150 cm³/mol. The number of rotatable bonds is 9. The maximum absolute atomic E-state index is 13.2. The van der Waals surface area contributed by atoms with Crippen LogP contribution < -0.4 is 10.9 Å². The molecule has 1 heterocycles. The van der Waals surface area contributed by atoms with E-state index in [1.54, 1.807) is 18.6 Å². The molecule has 0 spiro atoms.